The molecule has 0 amide bonds. The molecule has 50 valence electrons. The van der Waals surface area contributed by atoms with Gasteiger partial charge >= 0.3 is 0 Å². The topological polar surface area (TPSA) is 0 Å². The van der Waals surface area contributed by atoms with E-state index >= 15 is 0 Å². The molecule has 0 bridgehead atoms. The zero-order valence-corrected chi connectivity index (χ0v) is 6.97. The van der Waals surface area contributed by atoms with Gasteiger partial charge in [-0.2, -0.15) is 0 Å². The lowest BCUT2D eigenvalue weighted by Crippen LogP contribution is -1.91. The van der Waals surface area contributed by atoms with Crippen LogP contribution in [0.1, 0.15) is 19.3 Å². The highest BCUT2D eigenvalue weighted by Crippen LogP contribution is 2.12. The molecule has 0 aromatic carbocycles. The van der Waals surface area contributed by atoms with Crippen LogP contribution < -0.4 is 0 Å². The molecule has 0 saturated heterocycles. The molecule has 1 aliphatic carbocycles. The second-order valence-corrected chi connectivity index (χ2v) is 3.40. The summed E-state index contributed by atoms with van der Waals surface area (Å²) in [7, 11) is 0. The largest absolute Gasteiger partial charge is 0.0882 e. The molecule has 1 aliphatic rings. The molecule has 0 heterocycles. The Morgan fingerprint density at radius 1 is 1.22 bits per heavy atom. The van der Waals surface area contributed by atoms with Gasteiger partial charge < -0.3 is 0 Å². The number of alkyl halides is 1. The summed E-state index contributed by atoms with van der Waals surface area (Å²) < 4.78 is 0. The first-order chi connectivity index (χ1) is 4.39. The van der Waals surface area contributed by atoms with Crippen LogP contribution in [0.3, 0.4) is 0 Å². The standard InChI is InChI=1S/C8H11Br/c9-8-6-4-2-1-3-5-7-8/h1-2,5,7-8H,3-4,6H2. The lowest BCUT2D eigenvalue weighted by atomic mass is 10.1. The van der Waals surface area contributed by atoms with Crippen LogP contribution in [-0.2, 0) is 0 Å². The highest BCUT2D eigenvalue weighted by Gasteiger charge is 1.96. The summed E-state index contributed by atoms with van der Waals surface area (Å²) in [4.78, 5) is 0.599. The predicted octanol–water partition coefficient (Wildman–Crippen LogP) is 3.05. The number of rotatable bonds is 0. The highest BCUT2D eigenvalue weighted by molar-refractivity contribution is 9.09. The lowest BCUT2D eigenvalue weighted by molar-refractivity contribution is 0.881. The quantitative estimate of drug-likeness (QED) is 0.404. The maximum Gasteiger partial charge on any atom is 0.0328 e. The molecule has 0 nitrogen and oxygen atoms in total. The van der Waals surface area contributed by atoms with E-state index in [-0.39, 0.29) is 0 Å². The maximum absolute atomic E-state index is 3.55. The van der Waals surface area contributed by atoms with Gasteiger partial charge in [0.25, 0.3) is 0 Å². The average molecular weight is 187 g/mol. The van der Waals surface area contributed by atoms with Crippen LogP contribution in [0.5, 0.6) is 0 Å². The molecule has 0 saturated carbocycles. The van der Waals surface area contributed by atoms with Crippen molar-refractivity contribution < 1.29 is 0 Å². The number of allylic oxidation sites excluding steroid dienone is 4. The first-order valence-electron chi connectivity index (χ1n) is 3.35. The minimum atomic E-state index is 0.599. The highest BCUT2D eigenvalue weighted by atomic mass is 79.9. The third-order valence-electron chi connectivity index (χ3n) is 1.39. The van der Waals surface area contributed by atoms with Crippen molar-refractivity contribution in [3.63, 3.8) is 0 Å². The van der Waals surface area contributed by atoms with E-state index in [1.807, 2.05) is 0 Å². The van der Waals surface area contributed by atoms with Crippen LogP contribution in [-0.4, -0.2) is 4.83 Å². The Hall–Kier alpha value is -0.0400. The fourth-order valence-electron chi connectivity index (χ4n) is 0.871. The van der Waals surface area contributed by atoms with E-state index in [0.717, 1.165) is 6.42 Å². The Morgan fingerprint density at radius 2 is 2.11 bits per heavy atom. The third kappa shape index (κ3) is 2.85. The molecule has 1 heteroatoms. The molecule has 9 heavy (non-hydrogen) atoms. The van der Waals surface area contributed by atoms with E-state index in [9.17, 15) is 0 Å². The summed E-state index contributed by atoms with van der Waals surface area (Å²) >= 11 is 3.55. The molecule has 0 aromatic heterocycles. The maximum atomic E-state index is 3.55. The fourth-order valence-corrected chi connectivity index (χ4v) is 1.35. The fraction of sp³-hybridized carbons (Fsp3) is 0.500. The van der Waals surface area contributed by atoms with Crippen LogP contribution in [0.15, 0.2) is 24.3 Å². The summed E-state index contributed by atoms with van der Waals surface area (Å²) in [6.07, 6.45) is 12.4. The molecular weight excluding hydrogens is 176 g/mol. The Labute approximate surface area is 64.8 Å². The van der Waals surface area contributed by atoms with Crippen molar-refractivity contribution in [2.45, 2.75) is 24.1 Å². The van der Waals surface area contributed by atoms with Gasteiger partial charge in [0.1, 0.15) is 0 Å². The zero-order valence-electron chi connectivity index (χ0n) is 5.39. The van der Waals surface area contributed by atoms with Crippen LogP contribution in [0.25, 0.3) is 0 Å². The molecule has 0 aromatic rings. The van der Waals surface area contributed by atoms with E-state index in [1.165, 1.54) is 12.8 Å². The van der Waals surface area contributed by atoms with Gasteiger partial charge in [0, 0.05) is 4.83 Å². The summed E-state index contributed by atoms with van der Waals surface area (Å²) in [5.74, 6) is 0. The van der Waals surface area contributed by atoms with E-state index in [0.29, 0.717) is 4.83 Å². The SMILES string of the molecule is BrC1C=CCC=CCC1. The number of hydrogen-bond acceptors (Lipinski definition) is 0. The predicted molar refractivity (Wildman–Crippen MR) is 44.8 cm³/mol. The minimum Gasteiger partial charge on any atom is -0.0882 e. The van der Waals surface area contributed by atoms with Crippen molar-refractivity contribution in [3.05, 3.63) is 24.3 Å². The first kappa shape index (κ1) is 7.07. The van der Waals surface area contributed by atoms with Gasteiger partial charge in [0.2, 0.25) is 0 Å². The summed E-state index contributed by atoms with van der Waals surface area (Å²) in [5, 5.41) is 0. The molecule has 0 fully saturated rings. The van der Waals surface area contributed by atoms with Crippen molar-refractivity contribution in [3.8, 4) is 0 Å². The summed E-state index contributed by atoms with van der Waals surface area (Å²) in [6, 6.07) is 0. The van der Waals surface area contributed by atoms with Gasteiger partial charge in [-0.3, -0.25) is 0 Å². The second kappa shape index (κ2) is 3.89. The van der Waals surface area contributed by atoms with Gasteiger partial charge in [0.15, 0.2) is 0 Å². The summed E-state index contributed by atoms with van der Waals surface area (Å²) in [5.41, 5.74) is 0. The van der Waals surface area contributed by atoms with E-state index in [4.69, 9.17) is 0 Å². The van der Waals surface area contributed by atoms with Crippen molar-refractivity contribution >= 4 is 15.9 Å². The molecule has 1 rings (SSSR count). The average Bonchev–Trinajstić information content (AvgIpc) is 1.79. The van der Waals surface area contributed by atoms with Gasteiger partial charge in [-0.05, 0) is 19.3 Å². The number of hydrogen-bond donors (Lipinski definition) is 0. The second-order valence-electron chi connectivity index (χ2n) is 2.23. The van der Waals surface area contributed by atoms with Crippen molar-refractivity contribution in [2.75, 3.05) is 0 Å². The monoisotopic (exact) mass is 186 g/mol. The molecule has 0 N–H and O–H groups in total. The van der Waals surface area contributed by atoms with Gasteiger partial charge in [-0.25, -0.2) is 0 Å². The Bertz CT molecular complexity index is 125. The van der Waals surface area contributed by atoms with Crippen molar-refractivity contribution in [1.29, 1.82) is 0 Å². The van der Waals surface area contributed by atoms with Crippen LogP contribution in [0.2, 0.25) is 0 Å². The molecule has 0 spiro atoms. The molecule has 0 aliphatic heterocycles. The zero-order chi connectivity index (χ0) is 6.53. The molecular formula is C8H11Br. The van der Waals surface area contributed by atoms with E-state index in [1.54, 1.807) is 0 Å². The van der Waals surface area contributed by atoms with Gasteiger partial charge in [-0.1, -0.05) is 40.2 Å². The molecule has 0 radical (unpaired) electrons. The summed E-state index contributed by atoms with van der Waals surface area (Å²) in [6.45, 7) is 0. The Kier molecular flexibility index (Phi) is 3.05. The minimum absolute atomic E-state index is 0.599. The third-order valence-corrected chi connectivity index (χ3v) is 2.16. The van der Waals surface area contributed by atoms with Gasteiger partial charge in [-0.15, -0.1) is 0 Å². The smallest absolute Gasteiger partial charge is 0.0328 e. The Morgan fingerprint density at radius 3 is 3.00 bits per heavy atom. The lowest BCUT2D eigenvalue weighted by Gasteiger charge is -2.02. The number of halogens is 1. The molecule has 1 atom stereocenters. The van der Waals surface area contributed by atoms with E-state index < -0.39 is 0 Å². The molecule has 1 unspecified atom stereocenters. The first-order valence-corrected chi connectivity index (χ1v) is 4.27. The van der Waals surface area contributed by atoms with Crippen LogP contribution in [0.4, 0.5) is 0 Å². The van der Waals surface area contributed by atoms with Crippen LogP contribution >= 0.6 is 15.9 Å². The van der Waals surface area contributed by atoms with Crippen molar-refractivity contribution in [1.82, 2.24) is 0 Å². The normalized spacial score (nSPS) is 27.4. The van der Waals surface area contributed by atoms with Crippen LogP contribution in [0, 0.1) is 0 Å². The van der Waals surface area contributed by atoms with Crippen molar-refractivity contribution in [2.24, 2.45) is 0 Å². The van der Waals surface area contributed by atoms with Gasteiger partial charge in [0.05, 0.1) is 0 Å². The van der Waals surface area contributed by atoms with E-state index in [2.05, 4.69) is 40.2 Å². The Balaban J connectivity index is 2.40.